The minimum absolute atomic E-state index is 0.188. The number of sulfone groups is 1. The Labute approximate surface area is 129 Å². The Morgan fingerprint density at radius 3 is 2.55 bits per heavy atom. The van der Waals surface area contributed by atoms with Crippen LogP contribution in [-0.4, -0.2) is 32.5 Å². The molecule has 1 rings (SSSR count). The van der Waals surface area contributed by atoms with Gasteiger partial charge in [-0.05, 0) is 44.0 Å². The predicted molar refractivity (Wildman–Crippen MR) is 84.2 cm³/mol. The smallest absolute Gasteiger partial charge is 0.151 e. The second-order valence-electron chi connectivity index (χ2n) is 5.04. The number of benzene rings is 1. The van der Waals surface area contributed by atoms with Gasteiger partial charge in [0.05, 0.1) is 5.25 Å². The second kappa shape index (κ2) is 7.52. The Hall–Kier alpha value is -0.460. The van der Waals surface area contributed by atoms with Crippen molar-refractivity contribution in [2.45, 2.75) is 38.0 Å². The molecule has 0 spiro atoms. The van der Waals surface area contributed by atoms with Gasteiger partial charge in [-0.15, -0.1) is 0 Å². The SMILES string of the molecule is CCCNC(Cc1ccc(F)cc1Br)C(C)S(C)(=O)=O. The number of hydrogen-bond acceptors (Lipinski definition) is 3. The molecule has 0 radical (unpaired) electrons. The van der Waals surface area contributed by atoms with E-state index in [1.165, 1.54) is 18.4 Å². The molecule has 0 aliphatic carbocycles. The Kier molecular flexibility index (Phi) is 6.61. The van der Waals surface area contributed by atoms with E-state index in [-0.39, 0.29) is 11.9 Å². The Morgan fingerprint density at radius 1 is 1.40 bits per heavy atom. The maximum Gasteiger partial charge on any atom is 0.151 e. The van der Waals surface area contributed by atoms with E-state index in [2.05, 4.69) is 21.2 Å². The lowest BCUT2D eigenvalue weighted by atomic mass is 10.0. The van der Waals surface area contributed by atoms with Crippen LogP contribution in [-0.2, 0) is 16.3 Å². The van der Waals surface area contributed by atoms with E-state index in [0.717, 1.165) is 18.5 Å². The fourth-order valence-corrected chi connectivity index (χ4v) is 3.26. The molecular weight excluding hydrogens is 345 g/mol. The molecule has 2 unspecified atom stereocenters. The third-order valence-electron chi connectivity index (χ3n) is 3.35. The highest BCUT2D eigenvalue weighted by Gasteiger charge is 2.26. The molecule has 0 heterocycles. The van der Waals surface area contributed by atoms with Gasteiger partial charge in [0.2, 0.25) is 0 Å². The molecule has 0 saturated carbocycles. The number of nitrogens with one attached hydrogen (secondary N) is 1. The van der Waals surface area contributed by atoms with E-state index in [1.54, 1.807) is 13.0 Å². The molecule has 1 aromatic rings. The topological polar surface area (TPSA) is 46.2 Å². The summed E-state index contributed by atoms with van der Waals surface area (Å²) in [7, 11) is -3.13. The van der Waals surface area contributed by atoms with E-state index in [1.807, 2.05) is 6.92 Å². The van der Waals surface area contributed by atoms with Gasteiger partial charge in [0, 0.05) is 16.8 Å². The van der Waals surface area contributed by atoms with Crippen molar-refractivity contribution in [3.8, 4) is 0 Å². The minimum atomic E-state index is -3.13. The van der Waals surface area contributed by atoms with Gasteiger partial charge in [-0.25, -0.2) is 12.8 Å². The lowest BCUT2D eigenvalue weighted by Gasteiger charge is -2.24. The van der Waals surface area contributed by atoms with Crippen molar-refractivity contribution in [2.75, 3.05) is 12.8 Å². The molecule has 114 valence electrons. The van der Waals surface area contributed by atoms with Crippen LogP contribution in [0.5, 0.6) is 0 Å². The maximum atomic E-state index is 13.1. The molecule has 0 aliphatic heterocycles. The summed E-state index contributed by atoms with van der Waals surface area (Å²) < 4.78 is 37.3. The van der Waals surface area contributed by atoms with Crippen LogP contribution in [0.4, 0.5) is 4.39 Å². The van der Waals surface area contributed by atoms with Crippen LogP contribution in [0.25, 0.3) is 0 Å². The number of halogens is 2. The maximum absolute atomic E-state index is 13.1. The quantitative estimate of drug-likeness (QED) is 0.807. The van der Waals surface area contributed by atoms with Gasteiger partial charge >= 0.3 is 0 Å². The second-order valence-corrected chi connectivity index (χ2v) is 8.29. The van der Waals surface area contributed by atoms with Crippen LogP contribution in [0.1, 0.15) is 25.8 Å². The van der Waals surface area contributed by atoms with Crippen molar-refractivity contribution in [1.29, 1.82) is 0 Å². The molecule has 20 heavy (non-hydrogen) atoms. The molecule has 3 nitrogen and oxygen atoms in total. The summed E-state index contributed by atoms with van der Waals surface area (Å²) in [6, 6.07) is 4.29. The summed E-state index contributed by atoms with van der Waals surface area (Å²) in [5, 5.41) is 2.78. The van der Waals surface area contributed by atoms with Crippen molar-refractivity contribution in [2.24, 2.45) is 0 Å². The average Bonchev–Trinajstić information content (AvgIpc) is 2.35. The molecule has 0 bridgehead atoms. The van der Waals surface area contributed by atoms with E-state index < -0.39 is 15.1 Å². The standard InChI is InChI=1S/C14H21BrFNO2S/c1-4-7-17-14(10(2)20(3,18)19)8-11-5-6-12(16)9-13(11)15/h5-6,9-10,14,17H,4,7-8H2,1-3H3. The van der Waals surface area contributed by atoms with Crippen LogP contribution in [0.15, 0.2) is 22.7 Å². The molecule has 2 atom stereocenters. The minimum Gasteiger partial charge on any atom is -0.312 e. The zero-order valence-corrected chi connectivity index (χ0v) is 14.4. The fraction of sp³-hybridized carbons (Fsp3) is 0.571. The van der Waals surface area contributed by atoms with E-state index >= 15 is 0 Å². The van der Waals surface area contributed by atoms with Crippen LogP contribution in [0.2, 0.25) is 0 Å². The van der Waals surface area contributed by atoms with Gasteiger partial charge < -0.3 is 5.32 Å². The third kappa shape index (κ3) is 5.14. The van der Waals surface area contributed by atoms with Crippen molar-refractivity contribution >= 4 is 25.8 Å². The van der Waals surface area contributed by atoms with Gasteiger partial charge in [0.15, 0.2) is 9.84 Å². The van der Waals surface area contributed by atoms with Crippen molar-refractivity contribution < 1.29 is 12.8 Å². The highest BCUT2D eigenvalue weighted by Crippen LogP contribution is 2.21. The normalized spacial score (nSPS) is 15.1. The summed E-state index contributed by atoms with van der Waals surface area (Å²) in [4.78, 5) is 0. The summed E-state index contributed by atoms with van der Waals surface area (Å²) in [5.74, 6) is -0.310. The van der Waals surface area contributed by atoms with E-state index in [9.17, 15) is 12.8 Å². The molecular formula is C14H21BrFNO2S. The molecule has 1 aromatic carbocycles. The zero-order valence-electron chi connectivity index (χ0n) is 12.0. The molecule has 0 saturated heterocycles. The summed E-state index contributed by atoms with van der Waals surface area (Å²) >= 11 is 3.33. The summed E-state index contributed by atoms with van der Waals surface area (Å²) in [6.07, 6.45) is 2.71. The first kappa shape index (κ1) is 17.6. The lowest BCUT2D eigenvalue weighted by molar-refractivity contribution is 0.481. The first-order valence-corrected chi connectivity index (χ1v) is 9.36. The lowest BCUT2D eigenvalue weighted by Crippen LogP contribution is -2.44. The first-order valence-electron chi connectivity index (χ1n) is 6.62. The highest BCUT2D eigenvalue weighted by molar-refractivity contribution is 9.10. The van der Waals surface area contributed by atoms with Crippen molar-refractivity contribution in [3.63, 3.8) is 0 Å². The van der Waals surface area contributed by atoms with Crippen LogP contribution in [0, 0.1) is 5.82 Å². The van der Waals surface area contributed by atoms with Crippen molar-refractivity contribution in [3.05, 3.63) is 34.1 Å². The molecule has 6 heteroatoms. The van der Waals surface area contributed by atoms with Gasteiger partial charge in [-0.3, -0.25) is 0 Å². The fourth-order valence-electron chi connectivity index (χ4n) is 1.96. The van der Waals surface area contributed by atoms with Crippen LogP contribution in [0.3, 0.4) is 0 Å². The third-order valence-corrected chi connectivity index (χ3v) is 5.77. The molecule has 0 aromatic heterocycles. The average molecular weight is 366 g/mol. The largest absolute Gasteiger partial charge is 0.312 e. The summed E-state index contributed by atoms with van der Waals surface area (Å²) in [5.41, 5.74) is 0.899. The first-order chi connectivity index (χ1) is 9.25. The molecule has 0 aliphatic rings. The monoisotopic (exact) mass is 365 g/mol. The number of hydrogen-bond donors (Lipinski definition) is 1. The van der Waals surface area contributed by atoms with Gasteiger partial charge in [-0.2, -0.15) is 0 Å². The predicted octanol–water partition coefficient (Wildman–Crippen LogP) is 2.93. The number of rotatable bonds is 7. The van der Waals surface area contributed by atoms with Gasteiger partial charge in [-0.1, -0.05) is 28.9 Å². The Morgan fingerprint density at radius 2 is 2.05 bits per heavy atom. The summed E-state index contributed by atoms with van der Waals surface area (Å²) in [6.45, 7) is 4.49. The molecule has 0 amide bonds. The molecule has 0 fully saturated rings. The van der Waals surface area contributed by atoms with Crippen molar-refractivity contribution in [1.82, 2.24) is 5.32 Å². The zero-order chi connectivity index (χ0) is 15.3. The molecule has 1 N–H and O–H groups in total. The van der Waals surface area contributed by atoms with Crippen LogP contribution < -0.4 is 5.32 Å². The Bertz CT molecular complexity index is 548. The Balaban J connectivity index is 2.94. The van der Waals surface area contributed by atoms with Gasteiger partial charge in [0.1, 0.15) is 5.82 Å². The van der Waals surface area contributed by atoms with Gasteiger partial charge in [0.25, 0.3) is 0 Å². The van der Waals surface area contributed by atoms with Crippen LogP contribution >= 0.6 is 15.9 Å². The highest BCUT2D eigenvalue weighted by atomic mass is 79.9. The van der Waals surface area contributed by atoms with E-state index in [0.29, 0.717) is 10.9 Å². The van der Waals surface area contributed by atoms with E-state index in [4.69, 9.17) is 0 Å².